The molecule has 3 unspecified atom stereocenters. The van der Waals surface area contributed by atoms with Gasteiger partial charge in [-0.25, -0.2) is 0 Å². The van der Waals surface area contributed by atoms with Crippen molar-refractivity contribution in [2.45, 2.75) is 24.9 Å². The maximum absolute atomic E-state index is 8.97. The van der Waals surface area contributed by atoms with Gasteiger partial charge in [0.05, 0.1) is 18.8 Å². The van der Waals surface area contributed by atoms with E-state index < -0.39 is 6.29 Å². The molecular weight excluding hydrogens is 134 g/mol. The fourth-order valence-electron chi connectivity index (χ4n) is 1.04. The van der Waals surface area contributed by atoms with Crippen molar-refractivity contribution in [1.29, 1.82) is 0 Å². The molecule has 1 fully saturated rings. The van der Waals surface area contributed by atoms with Crippen molar-refractivity contribution in [2.75, 3.05) is 13.7 Å². The van der Waals surface area contributed by atoms with E-state index in [0.29, 0.717) is 13.0 Å². The second-order valence-corrected chi connectivity index (χ2v) is 2.46. The first-order valence-electron chi connectivity index (χ1n) is 3.32. The van der Waals surface area contributed by atoms with Gasteiger partial charge in [-0.1, -0.05) is 0 Å². The van der Waals surface area contributed by atoms with Crippen LogP contribution in [0.2, 0.25) is 0 Å². The molecule has 60 valence electrons. The molecule has 4 nitrogen and oxygen atoms in total. The van der Waals surface area contributed by atoms with Gasteiger partial charge in [-0.05, 0) is 0 Å². The fraction of sp³-hybridized carbons (Fsp3) is 1.00. The molecule has 0 saturated carbocycles. The lowest BCUT2D eigenvalue weighted by Gasteiger charge is -2.30. The normalized spacial score (nSPS) is 41.7. The van der Waals surface area contributed by atoms with E-state index in [-0.39, 0.29) is 12.1 Å². The van der Waals surface area contributed by atoms with Gasteiger partial charge >= 0.3 is 0 Å². The Kier molecular flexibility index (Phi) is 2.62. The van der Waals surface area contributed by atoms with Crippen molar-refractivity contribution >= 4 is 0 Å². The van der Waals surface area contributed by atoms with E-state index in [9.17, 15) is 0 Å². The SMILES string of the molecule is COC1CC(O)OCC1N. The molecule has 4 heteroatoms. The third-order valence-electron chi connectivity index (χ3n) is 1.70. The Morgan fingerprint density at radius 3 is 2.90 bits per heavy atom. The molecule has 0 aromatic carbocycles. The molecule has 0 amide bonds. The van der Waals surface area contributed by atoms with Crippen molar-refractivity contribution in [1.82, 2.24) is 0 Å². The van der Waals surface area contributed by atoms with Crippen LogP contribution in [0.4, 0.5) is 0 Å². The zero-order valence-corrected chi connectivity index (χ0v) is 5.99. The lowest BCUT2D eigenvalue weighted by Crippen LogP contribution is -2.47. The first-order valence-corrected chi connectivity index (χ1v) is 3.32. The largest absolute Gasteiger partial charge is 0.380 e. The molecule has 0 spiro atoms. The van der Waals surface area contributed by atoms with Crippen LogP contribution in [0.1, 0.15) is 6.42 Å². The number of methoxy groups -OCH3 is 1. The molecule has 3 atom stereocenters. The highest BCUT2D eigenvalue weighted by atomic mass is 16.6. The van der Waals surface area contributed by atoms with Gasteiger partial charge in [-0.2, -0.15) is 0 Å². The maximum Gasteiger partial charge on any atom is 0.157 e. The smallest absolute Gasteiger partial charge is 0.157 e. The van der Waals surface area contributed by atoms with Crippen molar-refractivity contribution < 1.29 is 14.6 Å². The summed E-state index contributed by atoms with van der Waals surface area (Å²) in [7, 11) is 1.59. The zero-order valence-electron chi connectivity index (χ0n) is 5.99. The lowest BCUT2D eigenvalue weighted by atomic mass is 10.1. The molecule has 1 rings (SSSR count). The van der Waals surface area contributed by atoms with E-state index in [0.717, 1.165) is 0 Å². The Morgan fingerprint density at radius 1 is 1.70 bits per heavy atom. The lowest BCUT2D eigenvalue weighted by molar-refractivity contribution is -0.165. The standard InChI is InChI=1S/C6H13NO3/c1-9-5-2-6(8)10-3-4(5)7/h4-6,8H,2-3,7H2,1H3. The first-order chi connectivity index (χ1) is 4.74. The second-order valence-electron chi connectivity index (χ2n) is 2.46. The molecule has 1 aliphatic heterocycles. The predicted molar refractivity (Wildman–Crippen MR) is 35.3 cm³/mol. The molecule has 0 bridgehead atoms. The summed E-state index contributed by atoms with van der Waals surface area (Å²) in [6, 6.07) is -0.103. The minimum Gasteiger partial charge on any atom is -0.380 e. The molecule has 0 aromatic rings. The summed E-state index contributed by atoms with van der Waals surface area (Å²) in [4.78, 5) is 0. The first kappa shape index (κ1) is 7.94. The summed E-state index contributed by atoms with van der Waals surface area (Å²) >= 11 is 0. The number of nitrogens with two attached hydrogens (primary N) is 1. The average Bonchev–Trinajstić information content (AvgIpc) is 1.94. The van der Waals surface area contributed by atoms with Crippen LogP contribution in [0, 0.1) is 0 Å². The Balaban J connectivity index is 2.38. The molecule has 0 aromatic heterocycles. The molecule has 0 aliphatic carbocycles. The predicted octanol–water partition coefficient (Wildman–Crippen LogP) is -0.933. The van der Waals surface area contributed by atoms with Crippen LogP contribution in [-0.2, 0) is 9.47 Å². The third-order valence-corrected chi connectivity index (χ3v) is 1.70. The molecule has 3 N–H and O–H groups in total. The van der Waals surface area contributed by atoms with Gasteiger partial charge in [0.2, 0.25) is 0 Å². The minimum absolute atomic E-state index is 0.0660. The highest BCUT2D eigenvalue weighted by Gasteiger charge is 2.27. The van der Waals surface area contributed by atoms with Crippen LogP contribution in [0.15, 0.2) is 0 Å². The van der Waals surface area contributed by atoms with Gasteiger partial charge in [-0.15, -0.1) is 0 Å². The summed E-state index contributed by atoms with van der Waals surface area (Å²) in [6.45, 7) is 0.375. The van der Waals surface area contributed by atoms with Gasteiger partial charge < -0.3 is 20.3 Å². The van der Waals surface area contributed by atoms with Crippen LogP contribution >= 0.6 is 0 Å². The Labute approximate surface area is 59.9 Å². The van der Waals surface area contributed by atoms with Crippen LogP contribution < -0.4 is 5.73 Å². The summed E-state index contributed by atoms with van der Waals surface area (Å²) in [6.07, 6.45) is -0.300. The van der Waals surface area contributed by atoms with Crippen molar-refractivity contribution in [3.63, 3.8) is 0 Å². The van der Waals surface area contributed by atoms with Gasteiger partial charge in [0.1, 0.15) is 0 Å². The molecular formula is C6H13NO3. The van der Waals surface area contributed by atoms with Crippen LogP contribution in [0.3, 0.4) is 0 Å². The van der Waals surface area contributed by atoms with E-state index >= 15 is 0 Å². The third kappa shape index (κ3) is 1.67. The highest BCUT2D eigenvalue weighted by molar-refractivity contribution is 4.77. The molecule has 1 aliphatic rings. The van der Waals surface area contributed by atoms with Crippen LogP contribution in [0.25, 0.3) is 0 Å². The highest BCUT2D eigenvalue weighted by Crippen LogP contribution is 2.13. The Morgan fingerprint density at radius 2 is 2.40 bits per heavy atom. The topological polar surface area (TPSA) is 64.7 Å². The van der Waals surface area contributed by atoms with Crippen LogP contribution in [0.5, 0.6) is 0 Å². The minimum atomic E-state index is -0.704. The van der Waals surface area contributed by atoms with E-state index in [4.69, 9.17) is 20.3 Å². The summed E-state index contributed by atoms with van der Waals surface area (Å²) in [5.74, 6) is 0. The number of aliphatic hydroxyl groups is 1. The average molecular weight is 147 g/mol. The van der Waals surface area contributed by atoms with E-state index in [1.807, 2.05) is 0 Å². The number of rotatable bonds is 1. The zero-order chi connectivity index (χ0) is 7.56. The summed E-state index contributed by atoms with van der Waals surface area (Å²) < 4.78 is 9.88. The summed E-state index contributed by atoms with van der Waals surface area (Å²) in [5, 5.41) is 8.97. The maximum atomic E-state index is 8.97. The number of aliphatic hydroxyl groups excluding tert-OH is 1. The van der Waals surface area contributed by atoms with Gasteiger partial charge in [0, 0.05) is 13.5 Å². The van der Waals surface area contributed by atoms with E-state index in [1.165, 1.54) is 0 Å². The van der Waals surface area contributed by atoms with Gasteiger partial charge in [0.25, 0.3) is 0 Å². The fourth-order valence-corrected chi connectivity index (χ4v) is 1.04. The van der Waals surface area contributed by atoms with Gasteiger partial charge in [-0.3, -0.25) is 0 Å². The molecule has 1 saturated heterocycles. The monoisotopic (exact) mass is 147 g/mol. The quantitative estimate of drug-likeness (QED) is 0.503. The van der Waals surface area contributed by atoms with Crippen molar-refractivity contribution in [3.05, 3.63) is 0 Å². The molecule has 10 heavy (non-hydrogen) atoms. The van der Waals surface area contributed by atoms with Crippen molar-refractivity contribution in [3.8, 4) is 0 Å². The molecule has 0 radical (unpaired) electrons. The van der Waals surface area contributed by atoms with Crippen molar-refractivity contribution in [2.24, 2.45) is 5.73 Å². The van der Waals surface area contributed by atoms with E-state index in [2.05, 4.69) is 0 Å². The number of hydrogen-bond donors (Lipinski definition) is 2. The van der Waals surface area contributed by atoms with E-state index in [1.54, 1.807) is 7.11 Å². The van der Waals surface area contributed by atoms with Gasteiger partial charge in [0.15, 0.2) is 6.29 Å². The second kappa shape index (κ2) is 3.30. The molecule has 1 heterocycles. The summed E-state index contributed by atoms with van der Waals surface area (Å²) in [5.41, 5.74) is 5.59. The van der Waals surface area contributed by atoms with Crippen LogP contribution in [-0.4, -0.2) is 37.3 Å². The Hall–Kier alpha value is -0.160. The number of ether oxygens (including phenoxy) is 2. The Bertz CT molecular complexity index is 109. The number of hydrogen-bond acceptors (Lipinski definition) is 4.